The van der Waals surface area contributed by atoms with Gasteiger partial charge >= 0.3 is 0 Å². The molecule has 0 amide bonds. The molecule has 0 aliphatic heterocycles. The first-order chi connectivity index (χ1) is 7.85. The van der Waals surface area contributed by atoms with Crippen LogP contribution in [0.2, 0.25) is 0 Å². The van der Waals surface area contributed by atoms with E-state index in [9.17, 15) is 5.11 Å². The topological polar surface area (TPSA) is 58.0 Å². The number of hydrogen-bond acceptors (Lipinski definition) is 4. The zero-order chi connectivity index (χ0) is 11.4. The van der Waals surface area contributed by atoms with Gasteiger partial charge in [-0.1, -0.05) is 24.3 Å². The average Bonchev–Trinajstić information content (AvgIpc) is 2.39. The van der Waals surface area contributed by atoms with Crippen LogP contribution in [0.4, 0.5) is 5.82 Å². The Morgan fingerprint density at radius 1 is 1.19 bits per heavy atom. The third-order valence-electron chi connectivity index (χ3n) is 2.37. The van der Waals surface area contributed by atoms with E-state index in [1.165, 1.54) is 0 Å². The predicted molar refractivity (Wildman–Crippen MR) is 62.9 cm³/mol. The summed E-state index contributed by atoms with van der Waals surface area (Å²) in [6.07, 6.45) is 3.36. The summed E-state index contributed by atoms with van der Waals surface area (Å²) < 4.78 is 0. The normalized spacial score (nSPS) is 10.1. The Bertz CT molecular complexity index is 468. The summed E-state index contributed by atoms with van der Waals surface area (Å²) in [5.74, 6) is 0.727. The number of aliphatic hydroxyl groups is 1. The molecule has 2 N–H and O–H groups in total. The fraction of sp³-hybridized carbons (Fsp3) is 0.167. The first-order valence-electron chi connectivity index (χ1n) is 5.04. The molecule has 16 heavy (non-hydrogen) atoms. The number of aromatic nitrogens is 2. The molecule has 2 rings (SSSR count). The monoisotopic (exact) mass is 215 g/mol. The second-order valence-electron chi connectivity index (χ2n) is 3.35. The summed E-state index contributed by atoms with van der Waals surface area (Å²) in [4.78, 5) is 8.49. The largest absolute Gasteiger partial charge is 0.392 e. The number of nitrogens with zero attached hydrogens (tertiary/aromatic N) is 2. The van der Waals surface area contributed by atoms with Crippen molar-refractivity contribution in [3.63, 3.8) is 0 Å². The molecule has 4 heteroatoms. The minimum absolute atomic E-state index is 0.00559. The highest BCUT2D eigenvalue weighted by atomic mass is 16.3. The molecule has 0 unspecified atom stereocenters. The zero-order valence-electron chi connectivity index (χ0n) is 9.01. The molecule has 82 valence electrons. The summed E-state index contributed by atoms with van der Waals surface area (Å²) in [5, 5.41) is 12.1. The Balaban J connectivity index is 2.42. The van der Waals surface area contributed by atoms with Gasteiger partial charge in [0.2, 0.25) is 0 Å². The lowest BCUT2D eigenvalue weighted by molar-refractivity contribution is 0.282. The maximum absolute atomic E-state index is 9.22. The van der Waals surface area contributed by atoms with Gasteiger partial charge in [-0.2, -0.15) is 0 Å². The summed E-state index contributed by atoms with van der Waals surface area (Å²) in [6, 6.07) is 7.62. The van der Waals surface area contributed by atoms with E-state index in [4.69, 9.17) is 0 Å². The standard InChI is InChI=1S/C12H13N3O/c1-13-12-7-14-11(6-15-12)10-5-3-2-4-9(10)8-16/h2-7,16H,8H2,1H3,(H,13,15). The number of rotatable bonds is 3. The fourth-order valence-electron chi connectivity index (χ4n) is 1.50. The van der Waals surface area contributed by atoms with E-state index in [1.807, 2.05) is 24.3 Å². The third kappa shape index (κ3) is 2.01. The Kier molecular flexibility index (Phi) is 3.12. The van der Waals surface area contributed by atoms with Crippen LogP contribution in [0.1, 0.15) is 5.56 Å². The quantitative estimate of drug-likeness (QED) is 0.817. The summed E-state index contributed by atoms with van der Waals surface area (Å²) in [6.45, 7) is 0.00559. The molecule has 0 bridgehead atoms. The number of hydrogen-bond donors (Lipinski definition) is 2. The molecule has 0 saturated heterocycles. The average molecular weight is 215 g/mol. The highest BCUT2D eigenvalue weighted by molar-refractivity contribution is 5.63. The van der Waals surface area contributed by atoms with Gasteiger partial charge in [-0.25, -0.2) is 4.98 Å². The van der Waals surface area contributed by atoms with E-state index in [0.29, 0.717) is 0 Å². The van der Waals surface area contributed by atoms with Crippen LogP contribution in [-0.2, 0) is 6.61 Å². The molecule has 0 aliphatic carbocycles. The van der Waals surface area contributed by atoms with Gasteiger partial charge in [0.25, 0.3) is 0 Å². The van der Waals surface area contributed by atoms with Gasteiger partial charge in [0.1, 0.15) is 5.82 Å². The van der Waals surface area contributed by atoms with E-state index in [0.717, 1.165) is 22.6 Å². The maximum Gasteiger partial charge on any atom is 0.144 e. The van der Waals surface area contributed by atoms with E-state index in [1.54, 1.807) is 19.4 Å². The molecule has 0 radical (unpaired) electrons. The molecule has 1 aromatic heterocycles. The van der Waals surface area contributed by atoms with Crippen molar-refractivity contribution in [1.29, 1.82) is 0 Å². The molecular formula is C12H13N3O. The first-order valence-corrected chi connectivity index (χ1v) is 5.04. The Hall–Kier alpha value is -1.94. The molecular weight excluding hydrogens is 202 g/mol. The molecule has 1 aromatic carbocycles. The van der Waals surface area contributed by atoms with Crippen LogP contribution < -0.4 is 5.32 Å². The molecule has 0 spiro atoms. The molecule has 0 aliphatic rings. The van der Waals surface area contributed by atoms with Gasteiger partial charge in [0.15, 0.2) is 0 Å². The van der Waals surface area contributed by atoms with Crippen LogP contribution >= 0.6 is 0 Å². The molecule has 4 nitrogen and oxygen atoms in total. The molecule has 2 aromatic rings. The number of benzene rings is 1. The van der Waals surface area contributed by atoms with Gasteiger partial charge in [-0.3, -0.25) is 4.98 Å². The lowest BCUT2D eigenvalue weighted by Gasteiger charge is -2.06. The van der Waals surface area contributed by atoms with Gasteiger partial charge in [-0.15, -0.1) is 0 Å². The van der Waals surface area contributed by atoms with Crippen LogP contribution in [0.5, 0.6) is 0 Å². The van der Waals surface area contributed by atoms with Crippen molar-refractivity contribution in [2.75, 3.05) is 12.4 Å². The van der Waals surface area contributed by atoms with Crippen LogP contribution in [0.3, 0.4) is 0 Å². The van der Waals surface area contributed by atoms with Crippen molar-refractivity contribution in [3.05, 3.63) is 42.2 Å². The van der Waals surface area contributed by atoms with E-state index >= 15 is 0 Å². The van der Waals surface area contributed by atoms with Gasteiger partial charge in [-0.05, 0) is 5.56 Å². The molecule has 0 fully saturated rings. The van der Waals surface area contributed by atoms with Gasteiger partial charge < -0.3 is 10.4 Å². The number of nitrogens with one attached hydrogen (secondary N) is 1. The summed E-state index contributed by atoms with van der Waals surface area (Å²) in [5.41, 5.74) is 2.54. The van der Waals surface area contributed by atoms with Crippen molar-refractivity contribution in [3.8, 4) is 11.3 Å². The van der Waals surface area contributed by atoms with Crippen LogP contribution in [0.15, 0.2) is 36.7 Å². The lowest BCUT2D eigenvalue weighted by atomic mass is 10.1. The minimum atomic E-state index is 0.00559. The van der Waals surface area contributed by atoms with Gasteiger partial charge in [0.05, 0.1) is 24.7 Å². The lowest BCUT2D eigenvalue weighted by Crippen LogP contribution is -1.96. The van der Waals surface area contributed by atoms with Crippen LogP contribution in [0.25, 0.3) is 11.3 Å². The number of anilines is 1. The highest BCUT2D eigenvalue weighted by Crippen LogP contribution is 2.21. The smallest absolute Gasteiger partial charge is 0.144 e. The van der Waals surface area contributed by atoms with Crippen molar-refractivity contribution in [2.24, 2.45) is 0 Å². The van der Waals surface area contributed by atoms with Crippen molar-refractivity contribution in [1.82, 2.24) is 9.97 Å². The Morgan fingerprint density at radius 3 is 2.62 bits per heavy atom. The molecule has 1 heterocycles. The van der Waals surface area contributed by atoms with E-state index in [-0.39, 0.29) is 6.61 Å². The number of aliphatic hydroxyl groups excluding tert-OH is 1. The zero-order valence-corrected chi connectivity index (χ0v) is 9.01. The second-order valence-corrected chi connectivity index (χ2v) is 3.35. The molecule has 0 atom stereocenters. The minimum Gasteiger partial charge on any atom is -0.392 e. The van der Waals surface area contributed by atoms with Crippen LogP contribution in [-0.4, -0.2) is 22.1 Å². The van der Waals surface area contributed by atoms with Gasteiger partial charge in [0, 0.05) is 12.6 Å². The van der Waals surface area contributed by atoms with Crippen LogP contribution in [0, 0.1) is 0 Å². The SMILES string of the molecule is CNc1cnc(-c2ccccc2CO)cn1. The maximum atomic E-state index is 9.22. The fourth-order valence-corrected chi connectivity index (χ4v) is 1.50. The summed E-state index contributed by atoms with van der Waals surface area (Å²) in [7, 11) is 1.80. The third-order valence-corrected chi connectivity index (χ3v) is 2.37. The second kappa shape index (κ2) is 4.72. The van der Waals surface area contributed by atoms with E-state index < -0.39 is 0 Å². The highest BCUT2D eigenvalue weighted by Gasteiger charge is 2.05. The predicted octanol–water partition coefficient (Wildman–Crippen LogP) is 1.68. The Morgan fingerprint density at radius 2 is 2.00 bits per heavy atom. The Labute approximate surface area is 94.0 Å². The molecule has 0 saturated carbocycles. The van der Waals surface area contributed by atoms with Crippen molar-refractivity contribution < 1.29 is 5.11 Å². The summed E-state index contributed by atoms with van der Waals surface area (Å²) >= 11 is 0. The van der Waals surface area contributed by atoms with E-state index in [2.05, 4.69) is 15.3 Å². The first kappa shape index (κ1) is 10.6. The van der Waals surface area contributed by atoms with Crippen molar-refractivity contribution in [2.45, 2.75) is 6.61 Å². The van der Waals surface area contributed by atoms with Crippen molar-refractivity contribution >= 4 is 5.82 Å².